The second kappa shape index (κ2) is 8.72. The van der Waals surface area contributed by atoms with Crippen molar-refractivity contribution in [3.8, 4) is 0 Å². The van der Waals surface area contributed by atoms with Crippen LogP contribution in [-0.4, -0.2) is 60.0 Å². The molecule has 2 aliphatic heterocycles. The summed E-state index contributed by atoms with van der Waals surface area (Å²) in [6, 6.07) is 6.82. The van der Waals surface area contributed by atoms with Gasteiger partial charge >= 0.3 is 6.18 Å². The van der Waals surface area contributed by atoms with Crippen LogP contribution in [0.3, 0.4) is 0 Å². The topological polar surface area (TPSA) is 52.6 Å². The summed E-state index contributed by atoms with van der Waals surface area (Å²) in [5.41, 5.74) is -0.118. The van der Waals surface area contributed by atoms with Crippen molar-refractivity contribution in [2.75, 3.05) is 49.1 Å². The quantitative estimate of drug-likeness (QED) is 0.741. The van der Waals surface area contributed by atoms with Gasteiger partial charge < -0.3 is 14.7 Å². The van der Waals surface area contributed by atoms with E-state index in [0.29, 0.717) is 31.7 Å². The van der Waals surface area contributed by atoms with E-state index in [-0.39, 0.29) is 12.3 Å². The Morgan fingerprint density at radius 2 is 1.45 bits per heavy atom. The van der Waals surface area contributed by atoms with Gasteiger partial charge in [0.05, 0.1) is 12.0 Å². The highest BCUT2D eigenvalue weighted by Crippen LogP contribution is 2.29. The molecular formula is C22H26F3N5O. The number of nitrogens with zero attached hydrogens (tertiary/aromatic N) is 5. The standard InChI is InChI=1S/C22H26F3N5O/c1-16-26-19(28-8-2-3-9-28)15-20(27-16)29-10-12-30(13-11-29)21(31)14-17-4-6-18(7-5-17)22(23,24)25/h4-7,15H,2-3,8-14H2,1H3. The fourth-order valence-corrected chi connectivity index (χ4v) is 4.09. The summed E-state index contributed by atoms with van der Waals surface area (Å²) >= 11 is 0. The van der Waals surface area contributed by atoms with Crippen LogP contribution in [0, 0.1) is 6.92 Å². The maximum Gasteiger partial charge on any atom is 0.416 e. The van der Waals surface area contributed by atoms with Crippen molar-refractivity contribution in [1.29, 1.82) is 0 Å². The van der Waals surface area contributed by atoms with Gasteiger partial charge in [-0.05, 0) is 37.5 Å². The van der Waals surface area contributed by atoms with Crippen molar-refractivity contribution in [1.82, 2.24) is 14.9 Å². The van der Waals surface area contributed by atoms with Gasteiger partial charge in [0.2, 0.25) is 5.91 Å². The molecule has 0 atom stereocenters. The van der Waals surface area contributed by atoms with E-state index in [9.17, 15) is 18.0 Å². The first-order valence-corrected chi connectivity index (χ1v) is 10.6. The molecule has 2 aromatic rings. The fraction of sp³-hybridized carbons (Fsp3) is 0.500. The van der Waals surface area contributed by atoms with Gasteiger partial charge in [0.1, 0.15) is 17.5 Å². The Morgan fingerprint density at radius 1 is 0.903 bits per heavy atom. The minimum absolute atomic E-state index is 0.0731. The van der Waals surface area contributed by atoms with E-state index in [1.165, 1.54) is 25.0 Å². The summed E-state index contributed by atoms with van der Waals surface area (Å²) in [6.45, 7) is 6.36. The molecule has 31 heavy (non-hydrogen) atoms. The fourth-order valence-electron chi connectivity index (χ4n) is 4.09. The van der Waals surface area contributed by atoms with Crippen molar-refractivity contribution in [3.05, 3.63) is 47.3 Å². The van der Waals surface area contributed by atoms with E-state index >= 15 is 0 Å². The number of aryl methyl sites for hydroxylation is 1. The maximum atomic E-state index is 12.7. The highest BCUT2D eigenvalue weighted by Gasteiger charge is 2.30. The zero-order valence-corrected chi connectivity index (χ0v) is 17.5. The Kier molecular flexibility index (Phi) is 6.02. The van der Waals surface area contributed by atoms with Gasteiger partial charge in [-0.25, -0.2) is 9.97 Å². The van der Waals surface area contributed by atoms with E-state index in [4.69, 9.17) is 0 Å². The number of alkyl halides is 3. The van der Waals surface area contributed by atoms with Gasteiger partial charge in [0, 0.05) is 45.3 Å². The van der Waals surface area contributed by atoms with Gasteiger partial charge in [0.15, 0.2) is 0 Å². The third-order valence-corrected chi connectivity index (χ3v) is 5.83. The normalized spacial score (nSPS) is 17.4. The molecule has 0 aliphatic carbocycles. The molecule has 1 amide bonds. The summed E-state index contributed by atoms with van der Waals surface area (Å²) in [5, 5.41) is 0. The molecule has 0 radical (unpaired) electrons. The molecule has 0 bridgehead atoms. The largest absolute Gasteiger partial charge is 0.416 e. The second-order valence-corrected chi connectivity index (χ2v) is 8.07. The van der Waals surface area contributed by atoms with Crippen LogP contribution in [0.4, 0.5) is 24.8 Å². The van der Waals surface area contributed by atoms with E-state index in [2.05, 4.69) is 19.8 Å². The molecule has 0 saturated carbocycles. The Morgan fingerprint density at radius 3 is 2.00 bits per heavy atom. The molecule has 1 aromatic carbocycles. The van der Waals surface area contributed by atoms with E-state index < -0.39 is 11.7 Å². The van der Waals surface area contributed by atoms with Crippen LogP contribution in [0.15, 0.2) is 30.3 Å². The van der Waals surface area contributed by atoms with Crippen molar-refractivity contribution in [2.24, 2.45) is 0 Å². The Bertz CT molecular complexity index is 918. The number of amides is 1. The molecule has 2 aliphatic rings. The van der Waals surface area contributed by atoms with Gasteiger partial charge in [-0.3, -0.25) is 4.79 Å². The van der Waals surface area contributed by atoms with E-state index in [1.807, 2.05) is 13.0 Å². The van der Waals surface area contributed by atoms with Gasteiger partial charge in [-0.1, -0.05) is 12.1 Å². The van der Waals surface area contributed by atoms with Crippen LogP contribution in [0.5, 0.6) is 0 Å². The first kappa shape index (κ1) is 21.4. The molecule has 2 fully saturated rings. The molecule has 6 nitrogen and oxygen atoms in total. The average Bonchev–Trinajstić information content (AvgIpc) is 3.28. The third-order valence-electron chi connectivity index (χ3n) is 5.83. The molecule has 2 saturated heterocycles. The zero-order valence-electron chi connectivity index (χ0n) is 17.5. The van der Waals surface area contributed by atoms with Crippen LogP contribution in [0.25, 0.3) is 0 Å². The Labute approximate surface area is 179 Å². The van der Waals surface area contributed by atoms with Gasteiger partial charge in [-0.2, -0.15) is 13.2 Å². The molecular weight excluding hydrogens is 407 g/mol. The number of piperazine rings is 1. The van der Waals surface area contributed by atoms with Crippen molar-refractivity contribution in [3.63, 3.8) is 0 Å². The maximum absolute atomic E-state index is 12.7. The first-order valence-electron chi connectivity index (χ1n) is 10.6. The SMILES string of the molecule is Cc1nc(N2CCCC2)cc(N2CCN(C(=O)Cc3ccc(C(F)(F)F)cc3)CC2)n1. The summed E-state index contributed by atoms with van der Waals surface area (Å²) < 4.78 is 38.1. The van der Waals surface area contributed by atoms with E-state index in [1.54, 1.807) is 4.90 Å². The lowest BCUT2D eigenvalue weighted by atomic mass is 10.1. The number of anilines is 2. The third kappa shape index (κ3) is 5.08. The monoisotopic (exact) mass is 433 g/mol. The lowest BCUT2D eigenvalue weighted by Gasteiger charge is -2.36. The molecule has 166 valence electrons. The number of halogens is 3. The molecule has 9 heteroatoms. The summed E-state index contributed by atoms with van der Waals surface area (Å²) in [4.78, 5) is 28.0. The molecule has 0 spiro atoms. The number of rotatable bonds is 4. The van der Waals surface area contributed by atoms with Crippen LogP contribution in [-0.2, 0) is 17.4 Å². The molecule has 0 unspecified atom stereocenters. The van der Waals surface area contributed by atoms with Gasteiger partial charge in [0.25, 0.3) is 0 Å². The molecule has 1 aromatic heterocycles. The van der Waals surface area contributed by atoms with Crippen LogP contribution < -0.4 is 9.80 Å². The number of carbonyl (C=O) groups excluding carboxylic acids is 1. The van der Waals surface area contributed by atoms with Crippen LogP contribution in [0.1, 0.15) is 29.8 Å². The minimum Gasteiger partial charge on any atom is -0.356 e. The number of aromatic nitrogens is 2. The van der Waals surface area contributed by atoms with Crippen molar-refractivity contribution < 1.29 is 18.0 Å². The summed E-state index contributed by atoms with van der Waals surface area (Å²) in [6.07, 6.45) is -1.91. The van der Waals surface area contributed by atoms with E-state index in [0.717, 1.165) is 42.7 Å². The zero-order chi connectivity index (χ0) is 22.0. The lowest BCUT2D eigenvalue weighted by molar-refractivity contribution is -0.137. The number of benzene rings is 1. The van der Waals surface area contributed by atoms with Crippen LogP contribution in [0.2, 0.25) is 0 Å². The predicted octanol–water partition coefficient (Wildman–Crippen LogP) is 3.30. The summed E-state index contributed by atoms with van der Waals surface area (Å²) in [5.74, 6) is 2.50. The first-order chi connectivity index (χ1) is 14.8. The number of hydrogen-bond donors (Lipinski definition) is 0. The highest BCUT2D eigenvalue weighted by atomic mass is 19.4. The Balaban J connectivity index is 1.35. The number of hydrogen-bond acceptors (Lipinski definition) is 5. The summed E-state index contributed by atoms with van der Waals surface area (Å²) in [7, 11) is 0. The van der Waals surface area contributed by atoms with Crippen molar-refractivity contribution in [2.45, 2.75) is 32.4 Å². The minimum atomic E-state index is -4.37. The van der Waals surface area contributed by atoms with Gasteiger partial charge in [-0.15, -0.1) is 0 Å². The lowest BCUT2D eigenvalue weighted by Crippen LogP contribution is -2.49. The molecule has 3 heterocycles. The molecule has 4 rings (SSSR count). The molecule has 0 N–H and O–H groups in total. The van der Waals surface area contributed by atoms with Crippen molar-refractivity contribution >= 4 is 17.5 Å². The van der Waals surface area contributed by atoms with Crippen LogP contribution >= 0.6 is 0 Å². The second-order valence-electron chi connectivity index (χ2n) is 8.07. The highest BCUT2D eigenvalue weighted by molar-refractivity contribution is 5.79. The Hall–Kier alpha value is -2.84. The number of carbonyl (C=O) groups is 1. The predicted molar refractivity (Wildman–Crippen MR) is 112 cm³/mol. The average molecular weight is 433 g/mol. The smallest absolute Gasteiger partial charge is 0.356 e.